The fourth-order valence-corrected chi connectivity index (χ4v) is 3.72. The second-order valence-corrected chi connectivity index (χ2v) is 6.77. The third-order valence-corrected chi connectivity index (χ3v) is 5.02. The molecule has 132 valence electrons. The van der Waals surface area contributed by atoms with Crippen LogP contribution in [0, 0.1) is 0 Å². The van der Waals surface area contributed by atoms with Crippen molar-refractivity contribution in [2.45, 2.75) is 23.7 Å². The summed E-state index contributed by atoms with van der Waals surface area (Å²) in [6.45, 7) is 0. The monoisotopic (exact) mass is 377 g/mol. The number of hydrogen-bond acceptors (Lipinski definition) is 2. The highest BCUT2D eigenvalue weighted by molar-refractivity contribution is 8.06. The Balaban J connectivity index is 2.06. The summed E-state index contributed by atoms with van der Waals surface area (Å²) in [7, 11) is 0. The molecule has 1 heterocycles. The molecule has 0 fully saturated rings. The minimum Gasteiger partial charge on any atom is -0.605 e. The Morgan fingerprint density at radius 3 is 1.96 bits per heavy atom. The molecule has 2 aromatic carbocycles. The Morgan fingerprint density at radius 2 is 1.44 bits per heavy atom. The lowest BCUT2D eigenvalue weighted by Gasteiger charge is -2.13. The van der Waals surface area contributed by atoms with Gasteiger partial charge in [-0.2, -0.15) is 26.3 Å². The zero-order valence-corrected chi connectivity index (χ0v) is 13.1. The van der Waals surface area contributed by atoms with E-state index in [2.05, 4.69) is 4.99 Å². The van der Waals surface area contributed by atoms with Crippen LogP contribution in [-0.4, -0.2) is 9.60 Å². The lowest BCUT2D eigenvalue weighted by Crippen LogP contribution is -2.11. The van der Waals surface area contributed by atoms with Gasteiger partial charge in [0, 0.05) is 16.7 Å². The molecule has 0 aliphatic carbocycles. The number of hydrogen-bond donors (Lipinski definition) is 0. The Kier molecular flexibility index (Phi) is 4.32. The first-order valence-corrected chi connectivity index (χ1v) is 8.07. The first-order valence-electron chi connectivity index (χ1n) is 6.92. The maximum atomic E-state index is 12.9. The van der Waals surface area contributed by atoms with E-state index in [0.717, 1.165) is 0 Å². The number of nitrogens with zero attached hydrogens (tertiary/aromatic N) is 1. The summed E-state index contributed by atoms with van der Waals surface area (Å²) >= 11 is -1.70. The van der Waals surface area contributed by atoms with Gasteiger partial charge in [-0.3, -0.25) is 0 Å². The van der Waals surface area contributed by atoms with E-state index in [1.165, 1.54) is 0 Å². The lowest BCUT2D eigenvalue weighted by molar-refractivity contribution is -0.143. The van der Waals surface area contributed by atoms with E-state index >= 15 is 0 Å². The van der Waals surface area contributed by atoms with Crippen molar-refractivity contribution >= 4 is 21.9 Å². The third-order valence-electron chi connectivity index (χ3n) is 3.55. The smallest absolute Gasteiger partial charge is 0.416 e. The minimum atomic E-state index is -4.95. The number of aliphatic imine (C=N–C) groups is 1. The summed E-state index contributed by atoms with van der Waals surface area (Å²) in [5, 5.41) is 0.0219. The van der Waals surface area contributed by atoms with Crippen LogP contribution in [0.25, 0.3) is 0 Å². The molecule has 9 heteroatoms. The average Bonchev–Trinajstić information content (AvgIpc) is 2.82. The van der Waals surface area contributed by atoms with Gasteiger partial charge in [0.1, 0.15) is 0 Å². The molecule has 25 heavy (non-hydrogen) atoms. The number of fused-ring (bicyclic) bond motifs is 1. The first kappa shape index (κ1) is 17.8. The zero-order valence-electron chi connectivity index (χ0n) is 12.3. The number of halogens is 6. The van der Waals surface area contributed by atoms with Crippen molar-refractivity contribution in [2.24, 2.45) is 4.99 Å². The van der Waals surface area contributed by atoms with E-state index in [0.29, 0.717) is 22.6 Å². The molecule has 2 nitrogen and oxygen atoms in total. The number of benzene rings is 2. The molecule has 0 saturated carbocycles. The summed E-state index contributed by atoms with van der Waals surface area (Å²) in [5.74, 6) is 0. The fourth-order valence-electron chi connectivity index (χ4n) is 2.41. The van der Waals surface area contributed by atoms with Crippen molar-refractivity contribution in [1.82, 2.24) is 0 Å². The van der Waals surface area contributed by atoms with E-state index in [1.54, 1.807) is 24.3 Å². The van der Waals surface area contributed by atoms with Crippen LogP contribution in [0.5, 0.6) is 0 Å². The van der Waals surface area contributed by atoms with E-state index < -0.39 is 40.3 Å². The number of rotatable bonds is 1. The van der Waals surface area contributed by atoms with E-state index in [1.807, 2.05) is 0 Å². The van der Waals surface area contributed by atoms with Crippen LogP contribution in [0.1, 0.15) is 16.7 Å². The molecule has 0 radical (unpaired) electrons. The molecular formula is C16H9F6NOS. The van der Waals surface area contributed by atoms with Crippen LogP contribution in [0.2, 0.25) is 0 Å². The quantitative estimate of drug-likeness (QED) is 0.502. The van der Waals surface area contributed by atoms with Crippen LogP contribution in [-0.2, 0) is 29.9 Å². The van der Waals surface area contributed by atoms with Gasteiger partial charge in [0.05, 0.1) is 23.2 Å². The van der Waals surface area contributed by atoms with Gasteiger partial charge in [-0.25, -0.2) is 4.99 Å². The van der Waals surface area contributed by atoms with Gasteiger partial charge in [0.25, 0.3) is 0 Å². The van der Waals surface area contributed by atoms with E-state index in [-0.39, 0.29) is 17.5 Å². The molecule has 0 aromatic heterocycles. The number of alkyl halides is 6. The Bertz CT molecular complexity index is 811. The highest BCUT2D eigenvalue weighted by Gasteiger charge is 2.38. The maximum Gasteiger partial charge on any atom is 0.416 e. The molecule has 0 bridgehead atoms. The predicted molar refractivity (Wildman–Crippen MR) is 80.1 cm³/mol. The topological polar surface area (TPSA) is 35.4 Å². The first-order chi connectivity index (χ1) is 11.6. The van der Waals surface area contributed by atoms with Gasteiger partial charge in [-0.05, 0) is 24.3 Å². The predicted octanol–water partition coefficient (Wildman–Crippen LogP) is 5.12. The molecule has 1 aliphatic rings. The zero-order chi connectivity index (χ0) is 18.4. The summed E-state index contributed by atoms with van der Waals surface area (Å²) in [5.41, 5.74) is -2.76. The Labute approximate surface area is 141 Å². The van der Waals surface area contributed by atoms with Crippen molar-refractivity contribution in [2.75, 3.05) is 0 Å². The van der Waals surface area contributed by atoms with E-state index in [4.69, 9.17) is 0 Å². The average molecular weight is 377 g/mol. The van der Waals surface area contributed by atoms with Crippen molar-refractivity contribution < 1.29 is 30.9 Å². The molecule has 1 unspecified atom stereocenters. The third kappa shape index (κ3) is 3.67. The molecule has 1 aliphatic heterocycles. The molecular weight excluding hydrogens is 368 g/mol. The van der Waals surface area contributed by atoms with Crippen LogP contribution in [0.3, 0.4) is 0 Å². The van der Waals surface area contributed by atoms with Gasteiger partial charge >= 0.3 is 12.4 Å². The SMILES string of the molecule is [O-][S+]1C(=Nc2cc(C(F)(F)F)cc(C(F)(F)F)c2)Cc2ccccc21. The highest BCUT2D eigenvalue weighted by atomic mass is 32.2. The van der Waals surface area contributed by atoms with Crippen LogP contribution in [0.4, 0.5) is 32.0 Å². The van der Waals surface area contributed by atoms with Gasteiger partial charge in [-0.1, -0.05) is 18.2 Å². The van der Waals surface area contributed by atoms with Gasteiger partial charge in [0.15, 0.2) is 4.90 Å². The largest absolute Gasteiger partial charge is 0.605 e. The molecule has 0 amide bonds. The highest BCUT2D eigenvalue weighted by Crippen LogP contribution is 2.39. The Morgan fingerprint density at radius 1 is 0.880 bits per heavy atom. The normalized spacial score (nSPS) is 19.3. The van der Waals surface area contributed by atoms with Crippen molar-refractivity contribution in [3.05, 3.63) is 59.2 Å². The van der Waals surface area contributed by atoms with E-state index in [9.17, 15) is 30.9 Å². The van der Waals surface area contributed by atoms with Crippen molar-refractivity contribution in [3.8, 4) is 0 Å². The van der Waals surface area contributed by atoms with Crippen molar-refractivity contribution in [3.63, 3.8) is 0 Å². The molecule has 1 atom stereocenters. The maximum absolute atomic E-state index is 12.9. The summed E-state index contributed by atoms with van der Waals surface area (Å²) in [4.78, 5) is 4.28. The fraction of sp³-hybridized carbons (Fsp3) is 0.188. The van der Waals surface area contributed by atoms with Gasteiger partial charge in [0.2, 0.25) is 5.04 Å². The molecule has 0 N–H and O–H groups in total. The lowest BCUT2D eigenvalue weighted by atomic mass is 10.1. The van der Waals surface area contributed by atoms with Crippen LogP contribution < -0.4 is 0 Å². The summed E-state index contributed by atoms with van der Waals surface area (Å²) in [6.07, 6.45) is -9.79. The van der Waals surface area contributed by atoms with Gasteiger partial charge < -0.3 is 4.55 Å². The minimum absolute atomic E-state index is 0.0219. The van der Waals surface area contributed by atoms with Crippen molar-refractivity contribution in [1.29, 1.82) is 0 Å². The second-order valence-electron chi connectivity index (χ2n) is 5.32. The standard InChI is InChI=1S/C16H9F6NOS/c17-15(18,19)10-6-11(16(20,21)22)8-12(7-10)23-14-5-9-3-1-2-4-13(9)25(14)24/h1-4,6-8H,5H2. The summed E-state index contributed by atoms with van der Waals surface area (Å²) in [6, 6.07) is 7.68. The molecule has 3 rings (SSSR count). The summed E-state index contributed by atoms with van der Waals surface area (Å²) < 4.78 is 89.5. The molecule has 0 spiro atoms. The molecule has 2 aromatic rings. The second kappa shape index (κ2) is 6.06. The van der Waals surface area contributed by atoms with Crippen LogP contribution >= 0.6 is 0 Å². The van der Waals surface area contributed by atoms with Gasteiger partial charge in [-0.15, -0.1) is 0 Å². The Hall–Kier alpha value is -2.00. The molecule has 0 saturated heterocycles. The van der Waals surface area contributed by atoms with Crippen LogP contribution in [0.15, 0.2) is 52.4 Å².